The van der Waals surface area contributed by atoms with Gasteiger partial charge in [0.15, 0.2) is 11.6 Å². The van der Waals surface area contributed by atoms with Gasteiger partial charge in [0.2, 0.25) is 5.91 Å². The molecule has 1 saturated heterocycles. The molecule has 1 aromatic rings. The van der Waals surface area contributed by atoms with Gasteiger partial charge in [-0.05, 0) is 36.9 Å². The average Bonchev–Trinajstić information content (AvgIpc) is 2.48. The van der Waals surface area contributed by atoms with E-state index in [1.165, 1.54) is 6.07 Å². The first kappa shape index (κ1) is 19.2. The highest BCUT2D eigenvalue weighted by Crippen LogP contribution is 2.27. The van der Waals surface area contributed by atoms with Crippen LogP contribution in [0.3, 0.4) is 0 Å². The summed E-state index contributed by atoms with van der Waals surface area (Å²) in [6.07, 6.45) is 3.22. The molecule has 2 N–H and O–H groups in total. The lowest BCUT2D eigenvalue weighted by Crippen LogP contribution is -2.50. The van der Waals surface area contributed by atoms with Crippen molar-refractivity contribution in [2.75, 3.05) is 25.1 Å². The molecule has 3 nitrogen and oxygen atoms in total. The molecular weight excluding hydrogens is 330 g/mol. The SMILES string of the molecule is CSCCC(=O)NC1CNCCC1c1ccc(F)c(F)c1.Cl. The van der Waals surface area contributed by atoms with Crippen LogP contribution in [0.15, 0.2) is 18.2 Å². The van der Waals surface area contributed by atoms with E-state index in [0.29, 0.717) is 13.0 Å². The predicted molar refractivity (Wildman–Crippen MR) is 88.8 cm³/mol. The van der Waals surface area contributed by atoms with Gasteiger partial charge in [-0.15, -0.1) is 12.4 Å². The summed E-state index contributed by atoms with van der Waals surface area (Å²) in [7, 11) is 0. The van der Waals surface area contributed by atoms with E-state index in [2.05, 4.69) is 10.6 Å². The van der Waals surface area contributed by atoms with Crippen LogP contribution in [0.4, 0.5) is 8.78 Å². The molecule has 2 atom stereocenters. The van der Waals surface area contributed by atoms with E-state index >= 15 is 0 Å². The van der Waals surface area contributed by atoms with Crippen LogP contribution in [-0.4, -0.2) is 37.0 Å². The highest BCUT2D eigenvalue weighted by molar-refractivity contribution is 7.98. The molecule has 22 heavy (non-hydrogen) atoms. The third kappa shape index (κ3) is 5.11. The normalized spacial score (nSPS) is 21.0. The Hall–Kier alpha value is -0.850. The number of nitrogens with one attached hydrogen (secondary N) is 2. The van der Waals surface area contributed by atoms with Crippen LogP contribution in [0.25, 0.3) is 0 Å². The Balaban J connectivity index is 0.00000242. The maximum Gasteiger partial charge on any atom is 0.221 e. The van der Waals surface area contributed by atoms with Gasteiger partial charge in [-0.3, -0.25) is 4.79 Å². The lowest BCUT2D eigenvalue weighted by atomic mass is 9.86. The van der Waals surface area contributed by atoms with E-state index in [9.17, 15) is 13.6 Å². The molecule has 0 spiro atoms. The van der Waals surface area contributed by atoms with Gasteiger partial charge in [0, 0.05) is 30.7 Å². The molecule has 7 heteroatoms. The van der Waals surface area contributed by atoms with Gasteiger partial charge in [-0.25, -0.2) is 8.78 Å². The zero-order valence-corrected chi connectivity index (χ0v) is 14.0. The van der Waals surface area contributed by atoms with E-state index in [1.54, 1.807) is 17.8 Å². The fraction of sp³-hybridized carbons (Fsp3) is 0.533. The molecule has 2 rings (SSSR count). The quantitative estimate of drug-likeness (QED) is 0.858. The number of carbonyl (C=O) groups excluding carboxylic acids is 1. The predicted octanol–water partition coefficient (Wildman–Crippen LogP) is 2.70. The van der Waals surface area contributed by atoms with E-state index in [1.807, 2.05) is 6.26 Å². The number of carbonyl (C=O) groups is 1. The smallest absolute Gasteiger partial charge is 0.221 e. The summed E-state index contributed by atoms with van der Waals surface area (Å²) in [6, 6.07) is 3.92. The van der Waals surface area contributed by atoms with Crippen molar-refractivity contribution in [3.63, 3.8) is 0 Å². The van der Waals surface area contributed by atoms with Crippen molar-refractivity contribution in [3.8, 4) is 0 Å². The monoisotopic (exact) mass is 350 g/mol. The maximum atomic E-state index is 13.4. The molecule has 0 radical (unpaired) electrons. The molecule has 1 aromatic carbocycles. The lowest BCUT2D eigenvalue weighted by molar-refractivity contribution is -0.121. The summed E-state index contributed by atoms with van der Waals surface area (Å²) in [6.45, 7) is 1.45. The van der Waals surface area contributed by atoms with Gasteiger partial charge in [-0.2, -0.15) is 11.8 Å². The van der Waals surface area contributed by atoms with Crippen LogP contribution in [0.1, 0.15) is 24.3 Å². The van der Waals surface area contributed by atoms with Crippen molar-refractivity contribution in [1.82, 2.24) is 10.6 Å². The van der Waals surface area contributed by atoms with Crippen molar-refractivity contribution in [1.29, 1.82) is 0 Å². The van der Waals surface area contributed by atoms with Gasteiger partial charge in [-0.1, -0.05) is 6.07 Å². The van der Waals surface area contributed by atoms with Gasteiger partial charge >= 0.3 is 0 Å². The summed E-state index contributed by atoms with van der Waals surface area (Å²) in [4.78, 5) is 11.9. The van der Waals surface area contributed by atoms with Crippen LogP contribution in [0.5, 0.6) is 0 Å². The molecule has 1 aliphatic heterocycles. The molecule has 2 unspecified atom stereocenters. The first-order valence-corrected chi connectivity index (χ1v) is 8.45. The van der Waals surface area contributed by atoms with Gasteiger partial charge in [0.25, 0.3) is 0 Å². The summed E-state index contributed by atoms with van der Waals surface area (Å²) in [5.74, 6) is -0.876. The number of thioether (sulfide) groups is 1. The first-order chi connectivity index (χ1) is 10.1. The zero-order chi connectivity index (χ0) is 15.2. The molecule has 124 valence electrons. The van der Waals surface area contributed by atoms with Crippen LogP contribution >= 0.6 is 24.2 Å². The number of rotatable bonds is 5. The van der Waals surface area contributed by atoms with E-state index < -0.39 is 11.6 Å². The Morgan fingerprint density at radius 2 is 2.18 bits per heavy atom. The molecule has 0 saturated carbocycles. The second kappa shape index (κ2) is 9.33. The minimum Gasteiger partial charge on any atom is -0.351 e. The van der Waals surface area contributed by atoms with E-state index in [4.69, 9.17) is 0 Å². The number of amides is 1. The second-order valence-corrected chi connectivity index (χ2v) is 6.18. The molecule has 1 heterocycles. The van der Waals surface area contributed by atoms with Crippen molar-refractivity contribution < 1.29 is 13.6 Å². The summed E-state index contributed by atoms with van der Waals surface area (Å²) >= 11 is 1.63. The van der Waals surface area contributed by atoms with Crippen molar-refractivity contribution in [2.24, 2.45) is 0 Å². The van der Waals surface area contributed by atoms with E-state index in [0.717, 1.165) is 30.3 Å². The van der Waals surface area contributed by atoms with Crippen LogP contribution < -0.4 is 10.6 Å². The number of benzene rings is 1. The van der Waals surface area contributed by atoms with Gasteiger partial charge < -0.3 is 10.6 Å². The highest BCUT2D eigenvalue weighted by Gasteiger charge is 2.28. The Kier molecular flexibility index (Phi) is 8.14. The molecular formula is C15H21ClF2N2OS. The number of halogens is 3. The molecule has 1 amide bonds. The van der Waals surface area contributed by atoms with Crippen molar-refractivity contribution in [2.45, 2.75) is 24.8 Å². The fourth-order valence-corrected chi connectivity index (χ4v) is 3.02. The largest absolute Gasteiger partial charge is 0.351 e. The molecule has 1 fully saturated rings. The van der Waals surface area contributed by atoms with Gasteiger partial charge in [0.05, 0.1) is 0 Å². The highest BCUT2D eigenvalue weighted by atomic mass is 35.5. The van der Waals surface area contributed by atoms with Gasteiger partial charge in [0.1, 0.15) is 0 Å². The topological polar surface area (TPSA) is 41.1 Å². The van der Waals surface area contributed by atoms with Crippen LogP contribution in [0.2, 0.25) is 0 Å². The summed E-state index contributed by atoms with van der Waals surface area (Å²) in [5.41, 5.74) is 0.741. The lowest BCUT2D eigenvalue weighted by Gasteiger charge is -2.33. The molecule has 0 aliphatic carbocycles. The van der Waals surface area contributed by atoms with Crippen molar-refractivity contribution in [3.05, 3.63) is 35.4 Å². The number of piperidine rings is 1. The summed E-state index contributed by atoms with van der Waals surface area (Å²) < 4.78 is 26.5. The Labute approximate surface area is 140 Å². The third-order valence-electron chi connectivity index (χ3n) is 3.73. The third-order valence-corrected chi connectivity index (χ3v) is 4.35. The number of hydrogen-bond donors (Lipinski definition) is 2. The second-order valence-electron chi connectivity index (χ2n) is 5.19. The van der Waals surface area contributed by atoms with Crippen molar-refractivity contribution >= 4 is 30.1 Å². The Morgan fingerprint density at radius 3 is 2.86 bits per heavy atom. The van der Waals surface area contributed by atoms with E-state index in [-0.39, 0.29) is 30.3 Å². The Morgan fingerprint density at radius 1 is 1.41 bits per heavy atom. The molecule has 0 aromatic heterocycles. The first-order valence-electron chi connectivity index (χ1n) is 7.05. The fourth-order valence-electron chi connectivity index (χ4n) is 2.63. The molecule has 0 bridgehead atoms. The summed E-state index contributed by atoms with van der Waals surface area (Å²) in [5, 5.41) is 6.24. The minimum atomic E-state index is -0.840. The zero-order valence-electron chi connectivity index (χ0n) is 12.4. The average molecular weight is 351 g/mol. The standard InChI is InChI=1S/C15H20F2N2OS.ClH/c1-21-7-5-15(20)19-14-9-18-6-4-11(14)10-2-3-12(16)13(17)8-10;/h2-3,8,11,14,18H,4-7,9H2,1H3,(H,19,20);1H. The minimum absolute atomic E-state index is 0. The Bertz CT molecular complexity index is 504. The van der Waals surface area contributed by atoms with Crippen LogP contribution in [0, 0.1) is 11.6 Å². The number of hydrogen-bond acceptors (Lipinski definition) is 3. The maximum absolute atomic E-state index is 13.4. The molecule has 1 aliphatic rings. The van der Waals surface area contributed by atoms with Crippen LogP contribution in [-0.2, 0) is 4.79 Å².